The number of hydrogen-bond acceptors (Lipinski definition) is 6. The van der Waals surface area contributed by atoms with Gasteiger partial charge in [0.1, 0.15) is 0 Å². The van der Waals surface area contributed by atoms with Crippen LogP contribution in [0.4, 0.5) is 10.1 Å². The number of rotatable bonds is 7. The number of sulfonamides is 1. The fourth-order valence-electron chi connectivity index (χ4n) is 2.67. The monoisotopic (exact) mass is 383 g/mol. The summed E-state index contributed by atoms with van der Waals surface area (Å²) >= 11 is 0. The molecule has 1 unspecified atom stereocenters. The zero-order valence-corrected chi connectivity index (χ0v) is 14.6. The van der Waals surface area contributed by atoms with Crippen molar-refractivity contribution in [2.24, 2.45) is 0 Å². The van der Waals surface area contributed by atoms with E-state index in [9.17, 15) is 22.9 Å². The molecule has 0 spiro atoms. The number of nitro benzene ring substituents is 1. The van der Waals surface area contributed by atoms with E-state index in [0.29, 0.717) is 13.0 Å². The van der Waals surface area contributed by atoms with Crippen LogP contribution in [0.15, 0.2) is 23.1 Å². The van der Waals surface area contributed by atoms with Crippen molar-refractivity contribution >= 4 is 28.1 Å². The summed E-state index contributed by atoms with van der Waals surface area (Å²) < 4.78 is 45.8. The fourth-order valence-corrected chi connectivity index (χ4v) is 3.98. The summed E-state index contributed by atoms with van der Waals surface area (Å²) in [5.74, 6) is -1.19. The van der Waals surface area contributed by atoms with Gasteiger partial charge in [-0.1, -0.05) is 6.07 Å². The largest absolute Gasteiger partial charge is 0.383 e. The minimum atomic E-state index is -4.23. The van der Waals surface area contributed by atoms with Crippen molar-refractivity contribution < 1.29 is 22.5 Å². The number of methoxy groups -OCH3 is 1. The lowest BCUT2D eigenvalue weighted by atomic mass is 9.99. The highest BCUT2D eigenvalue weighted by molar-refractivity contribution is 7.89. The average Bonchev–Trinajstić information content (AvgIpc) is 2.94. The van der Waals surface area contributed by atoms with Crippen LogP contribution in [0.2, 0.25) is 0 Å². The van der Waals surface area contributed by atoms with Crippen LogP contribution in [0.3, 0.4) is 0 Å². The second-order valence-electron chi connectivity index (χ2n) is 5.41. The van der Waals surface area contributed by atoms with Gasteiger partial charge in [0.05, 0.1) is 17.1 Å². The Balaban J connectivity index is 0.00000288. The van der Waals surface area contributed by atoms with E-state index >= 15 is 0 Å². The lowest BCUT2D eigenvalue weighted by Crippen LogP contribution is -2.52. The standard InChI is InChI=1S/C13H18FN3O5S.ClH/c1-22-9-13(6-3-7-15-13)8-16-23(20,21)11-5-2-4-10(14)12(11)17(18)19;/h2,4-5,15-16H,3,6-9H2,1H3;1H. The van der Waals surface area contributed by atoms with Crippen LogP contribution < -0.4 is 10.0 Å². The smallest absolute Gasteiger partial charge is 0.324 e. The highest BCUT2D eigenvalue weighted by Crippen LogP contribution is 2.27. The molecule has 1 aromatic carbocycles. The third kappa shape index (κ3) is 4.39. The van der Waals surface area contributed by atoms with E-state index in [1.165, 1.54) is 7.11 Å². The highest BCUT2D eigenvalue weighted by atomic mass is 35.5. The van der Waals surface area contributed by atoms with Gasteiger partial charge in [-0.15, -0.1) is 12.4 Å². The molecule has 1 aliphatic heterocycles. The molecule has 8 nitrogen and oxygen atoms in total. The minimum Gasteiger partial charge on any atom is -0.383 e. The molecule has 1 atom stereocenters. The van der Waals surface area contributed by atoms with Crippen molar-refractivity contribution in [2.45, 2.75) is 23.3 Å². The molecule has 0 aliphatic carbocycles. The van der Waals surface area contributed by atoms with Gasteiger partial charge < -0.3 is 10.1 Å². The van der Waals surface area contributed by atoms with Gasteiger partial charge in [0.15, 0.2) is 4.90 Å². The molecule has 0 aromatic heterocycles. The van der Waals surface area contributed by atoms with E-state index in [2.05, 4.69) is 10.0 Å². The number of nitro groups is 1. The summed E-state index contributed by atoms with van der Waals surface area (Å²) in [6, 6.07) is 2.98. The molecule has 0 amide bonds. The van der Waals surface area contributed by atoms with Crippen LogP contribution in [-0.2, 0) is 14.8 Å². The van der Waals surface area contributed by atoms with Gasteiger partial charge in [-0.05, 0) is 31.5 Å². The second kappa shape index (κ2) is 8.17. The molecule has 24 heavy (non-hydrogen) atoms. The van der Waals surface area contributed by atoms with Crippen molar-refractivity contribution in [3.05, 3.63) is 34.1 Å². The minimum absolute atomic E-state index is 0. The first-order valence-electron chi connectivity index (χ1n) is 6.98. The van der Waals surface area contributed by atoms with Gasteiger partial charge in [0, 0.05) is 13.7 Å². The summed E-state index contributed by atoms with van der Waals surface area (Å²) in [7, 11) is -2.72. The van der Waals surface area contributed by atoms with Crippen molar-refractivity contribution in [3.63, 3.8) is 0 Å². The zero-order chi connectivity index (χ0) is 17.1. The Morgan fingerprint density at radius 1 is 1.50 bits per heavy atom. The Labute approximate surface area is 145 Å². The summed E-state index contributed by atoms with van der Waals surface area (Å²) in [6.45, 7) is 1.02. The molecule has 1 aromatic rings. The predicted octanol–water partition coefficient (Wildman–Crippen LogP) is 1.20. The lowest BCUT2D eigenvalue weighted by molar-refractivity contribution is -0.390. The molecule has 1 aliphatic rings. The fraction of sp³-hybridized carbons (Fsp3) is 0.538. The maximum absolute atomic E-state index is 13.6. The van der Waals surface area contributed by atoms with Gasteiger partial charge in [-0.25, -0.2) is 13.1 Å². The van der Waals surface area contributed by atoms with E-state index in [4.69, 9.17) is 4.74 Å². The third-order valence-corrected chi connectivity index (χ3v) is 5.21. The summed E-state index contributed by atoms with van der Waals surface area (Å²) in [6.07, 6.45) is 1.57. The van der Waals surface area contributed by atoms with Gasteiger partial charge in [0.2, 0.25) is 15.8 Å². The molecule has 2 N–H and O–H groups in total. The third-order valence-electron chi connectivity index (χ3n) is 3.78. The van der Waals surface area contributed by atoms with Gasteiger partial charge >= 0.3 is 5.69 Å². The lowest BCUT2D eigenvalue weighted by Gasteiger charge is -2.28. The molecule has 0 saturated carbocycles. The number of nitrogens with zero attached hydrogens (tertiary/aromatic N) is 1. The van der Waals surface area contributed by atoms with Crippen molar-refractivity contribution in [2.75, 3.05) is 26.8 Å². The number of ether oxygens (including phenoxy) is 1. The van der Waals surface area contributed by atoms with Crippen LogP contribution in [0.5, 0.6) is 0 Å². The number of halogens is 2. The van der Waals surface area contributed by atoms with Gasteiger partial charge in [-0.3, -0.25) is 10.1 Å². The SMILES string of the molecule is COCC1(CNS(=O)(=O)c2cccc(F)c2[N+](=O)[O-])CCCN1.Cl. The first-order valence-corrected chi connectivity index (χ1v) is 8.46. The maximum Gasteiger partial charge on any atom is 0.324 e. The maximum atomic E-state index is 13.6. The first-order chi connectivity index (χ1) is 10.8. The number of benzene rings is 1. The van der Waals surface area contributed by atoms with E-state index in [1.807, 2.05) is 0 Å². The number of para-hydroxylation sites is 1. The number of hydrogen-bond donors (Lipinski definition) is 2. The molecule has 1 fully saturated rings. The second-order valence-corrected chi connectivity index (χ2v) is 7.15. The predicted molar refractivity (Wildman–Crippen MR) is 87.3 cm³/mol. The molecule has 2 rings (SSSR count). The normalized spacial score (nSPS) is 20.6. The van der Waals surface area contributed by atoms with Crippen molar-refractivity contribution in [1.82, 2.24) is 10.0 Å². The Bertz CT molecular complexity index is 695. The molecular formula is C13H19ClFN3O5S. The van der Waals surface area contributed by atoms with Crippen LogP contribution in [-0.4, -0.2) is 45.7 Å². The molecule has 0 radical (unpaired) electrons. The Hall–Kier alpha value is -1.33. The molecule has 0 bridgehead atoms. The Morgan fingerprint density at radius 2 is 2.21 bits per heavy atom. The number of nitrogens with one attached hydrogen (secondary N) is 2. The van der Waals surface area contributed by atoms with Crippen molar-refractivity contribution in [3.8, 4) is 0 Å². The van der Waals surface area contributed by atoms with Gasteiger partial charge in [-0.2, -0.15) is 4.39 Å². The summed E-state index contributed by atoms with van der Waals surface area (Å²) in [5.41, 5.74) is -1.62. The van der Waals surface area contributed by atoms with Crippen molar-refractivity contribution in [1.29, 1.82) is 0 Å². The molecular weight excluding hydrogens is 365 g/mol. The van der Waals surface area contributed by atoms with Gasteiger partial charge in [0.25, 0.3) is 0 Å². The molecule has 11 heteroatoms. The quantitative estimate of drug-likeness (QED) is 0.540. The van der Waals surface area contributed by atoms with Crippen LogP contribution >= 0.6 is 12.4 Å². The summed E-state index contributed by atoms with van der Waals surface area (Å²) in [4.78, 5) is 9.23. The van der Waals surface area contributed by atoms with E-state index in [1.54, 1.807) is 0 Å². The first kappa shape index (κ1) is 20.7. The van der Waals surface area contributed by atoms with E-state index in [-0.39, 0.29) is 19.0 Å². The Kier molecular flexibility index (Phi) is 7.05. The van der Waals surface area contributed by atoms with Crippen LogP contribution in [0.25, 0.3) is 0 Å². The topological polar surface area (TPSA) is 111 Å². The highest BCUT2D eigenvalue weighted by Gasteiger charge is 2.36. The molecule has 1 saturated heterocycles. The molecule has 1 heterocycles. The Morgan fingerprint density at radius 3 is 2.75 bits per heavy atom. The average molecular weight is 384 g/mol. The van der Waals surface area contributed by atoms with Crippen LogP contribution in [0.1, 0.15) is 12.8 Å². The van der Waals surface area contributed by atoms with E-state index in [0.717, 1.165) is 31.2 Å². The molecule has 136 valence electrons. The van der Waals surface area contributed by atoms with Crippen LogP contribution in [0, 0.1) is 15.9 Å². The van der Waals surface area contributed by atoms with E-state index < -0.39 is 36.9 Å². The summed E-state index contributed by atoms with van der Waals surface area (Å²) in [5, 5.41) is 14.1. The zero-order valence-electron chi connectivity index (χ0n) is 13.0.